The zero-order valence-corrected chi connectivity index (χ0v) is 7.86. The smallest absolute Gasteiger partial charge is 0.308 e. The van der Waals surface area contributed by atoms with E-state index in [0.717, 1.165) is 6.42 Å². The van der Waals surface area contributed by atoms with Gasteiger partial charge in [-0.2, -0.15) is 0 Å². The van der Waals surface area contributed by atoms with Crippen molar-refractivity contribution in [1.29, 1.82) is 0 Å². The van der Waals surface area contributed by atoms with Gasteiger partial charge in [0.15, 0.2) is 0 Å². The first kappa shape index (κ1) is 10.5. The SMILES string of the molecule is CCOC(=O)CC1OCCC[C@@H]1O. The number of aliphatic hydroxyl groups is 1. The summed E-state index contributed by atoms with van der Waals surface area (Å²) in [7, 11) is 0. The molecule has 0 amide bonds. The van der Waals surface area contributed by atoms with Crippen LogP contribution in [0.25, 0.3) is 0 Å². The van der Waals surface area contributed by atoms with Gasteiger partial charge in [0.1, 0.15) is 0 Å². The summed E-state index contributed by atoms with van der Waals surface area (Å²) in [6, 6.07) is 0. The van der Waals surface area contributed by atoms with Gasteiger partial charge in [-0.1, -0.05) is 0 Å². The predicted octanol–water partition coefficient (Wildman–Crippen LogP) is 0.480. The second-order valence-corrected chi connectivity index (χ2v) is 3.13. The highest BCUT2D eigenvalue weighted by Crippen LogP contribution is 2.16. The molecule has 0 radical (unpaired) electrons. The van der Waals surface area contributed by atoms with Crippen LogP contribution in [0.4, 0.5) is 0 Å². The first-order valence-electron chi connectivity index (χ1n) is 4.69. The summed E-state index contributed by atoms with van der Waals surface area (Å²) >= 11 is 0. The Bertz CT molecular complexity index is 169. The maximum Gasteiger partial charge on any atom is 0.308 e. The molecule has 2 atom stereocenters. The number of rotatable bonds is 3. The molecule has 1 rings (SSSR count). The lowest BCUT2D eigenvalue weighted by atomic mass is 10.0. The van der Waals surface area contributed by atoms with E-state index in [2.05, 4.69) is 0 Å². The molecule has 1 fully saturated rings. The highest BCUT2D eigenvalue weighted by Gasteiger charge is 2.26. The van der Waals surface area contributed by atoms with Crippen LogP contribution in [0, 0.1) is 0 Å². The van der Waals surface area contributed by atoms with Gasteiger partial charge >= 0.3 is 5.97 Å². The standard InChI is InChI=1S/C9H16O4/c1-2-12-9(11)6-8-7(10)4-3-5-13-8/h7-8,10H,2-6H2,1H3/t7-,8?/m0/s1. The molecule has 1 unspecified atom stereocenters. The summed E-state index contributed by atoms with van der Waals surface area (Å²) in [6.45, 7) is 2.76. The molecular weight excluding hydrogens is 172 g/mol. The van der Waals surface area contributed by atoms with Gasteiger partial charge in [-0.15, -0.1) is 0 Å². The molecule has 1 N–H and O–H groups in total. The minimum Gasteiger partial charge on any atom is -0.466 e. The van der Waals surface area contributed by atoms with Crippen molar-refractivity contribution >= 4 is 5.97 Å². The topological polar surface area (TPSA) is 55.8 Å². The highest BCUT2D eigenvalue weighted by atomic mass is 16.5. The third kappa shape index (κ3) is 3.32. The second-order valence-electron chi connectivity index (χ2n) is 3.13. The largest absolute Gasteiger partial charge is 0.466 e. The zero-order valence-electron chi connectivity index (χ0n) is 7.86. The van der Waals surface area contributed by atoms with Crippen molar-refractivity contribution in [3.63, 3.8) is 0 Å². The normalized spacial score (nSPS) is 28.5. The Balaban J connectivity index is 2.29. The van der Waals surface area contributed by atoms with Gasteiger partial charge in [0.2, 0.25) is 0 Å². The Hall–Kier alpha value is -0.610. The molecule has 0 aromatic carbocycles. The summed E-state index contributed by atoms with van der Waals surface area (Å²) in [6.07, 6.45) is 0.852. The molecule has 1 aliphatic rings. The number of carbonyl (C=O) groups excluding carboxylic acids is 1. The quantitative estimate of drug-likeness (QED) is 0.654. The number of ether oxygens (including phenoxy) is 2. The Morgan fingerprint density at radius 3 is 3.08 bits per heavy atom. The van der Waals surface area contributed by atoms with Crippen molar-refractivity contribution in [2.24, 2.45) is 0 Å². The van der Waals surface area contributed by atoms with Crippen molar-refractivity contribution in [3.8, 4) is 0 Å². The molecule has 0 saturated carbocycles. The first-order chi connectivity index (χ1) is 6.24. The van der Waals surface area contributed by atoms with E-state index in [-0.39, 0.29) is 18.5 Å². The fourth-order valence-electron chi connectivity index (χ4n) is 1.40. The molecule has 0 aliphatic carbocycles. The lowest BCUT2D eigenvalue weighted by molar-refractivity contribution is -0.151. The van der Waals surface area contributed by atoms with Gasteiger partial charge in [0.25, 0.3) is 0 Å². The molecule has 0 spiro atoms. The molecule has 76 valence electrons. The third-order valence-corrected chi connectivity index (χ3v) is 2.08. The summed E-state index contributed by atoms with van der Waals surface area (Å²) < 4.78 is 10.0. The molecule has 1 heterocycles. The minimum absolute atomic E-state index is 0.162. The van der Waals surface area contributed by atoms with Crippen LogP contribution in [0.2, 0.25) is 0 Å². The van der Waals surface area contributed by atoms with Crippen LogP contribution >= 0.6 is 0 Å². The fourth-order valence-corrected chi connectivity index (χ4v) is 1.40. The zero-order chi connectivity index (χ0) is 9.68. The van der Waals surface area contributed by atoms with Gasteiger partial charge in [0.05, 0.1) is 25.2 Å². The van der Waals surface area contributed by atoms with Crippen molar-refractivity contribution in [3.05, 3.63) is 0 Å². The molecular formula is C9H16O4. The van der Waals surface area contributed by atoms with Gasteiger partial charge < -0.3 is 14.6 Å². The molecule has 4 nitrogen and oxygen atoms in total. The van der Waals surface area contributed by atoms with Gasteiger partial charge in [-0.05, 0) is 19.8 Å². The van der Waals surface area contributed by atoms with Crippen LogP contribution in [-0.4, -0.2) is 36.5 Å². The van der Waals surface area contributed by atoms with Crippen LogP contribution < -0.4 is 0 Å². The van der Waals surface area contributed by atoms with Crippen LogP contribution in [0.3, 0.4) is 0 Å². The number of hydrogen-bond acceptors (Lipinski definition) is 4. The van der Waals surface area contributed by atoms with Crippen LogP contribution in [-0.2, 0) is 14.3 Å². The number of aliphatic hydroxyl groups excluding tert-OH is 1. The molecule has 1 saturated heterocycles. The second kappa shape index (κ2) is 5.19. The molecule has 0 aromatic rings. The lowest BCUT2D eigenvalue weighted by Crippen LogP contribution is -2.36. The Labute approximate surface area is 77.8 Å². The average Bonchev–Trinajstić information content (AvgIpc) is 2.09. The Morgan fingerprint density at radius 1 is 1.69 bits per heavy atom. The van der Waals surface area contributed by atoms with E-state index in [1.807, 2.05) is 0 Å². The van der Waals surface area contributed by atoms with Crippen molar-refractivity contribution in [2.45, 2.75) is 38.4 Å². The van der Waals surface area contributed by atoms with E-state index in [1.165, 1.54) is 0 Å². The maximum atomic E-state index is 11.0. The summed E-state index contributed by atoms with van der Waals surface area (Å²) in [5.74, 6) is -0.298. The van der Waals surface area contributed by atoms with Crippen LogP contribution in [0.5, 0.6) is 0 Å². The molecule has 13 heavy (non-hydrogen) atoms. The summed E-state index contributed by atoms with van der Waals surface area (Å²) in [5, 5.41) is 9.45. The van der Waals surface area contributed by atoms with Crippen molar-refractivity contribution in [1.82, 2.24) is 0 Å². The first-order valence-corrected chi connectivity index (χ1v) is 4.69. The predicted molar refractivity (Wildman–Crippen MR) is 46.2 cm³/mol. The van der Waals surface area contributed by atoms with E-state index in [4.69, 9.17) is 9.47 Å². The van der Waals surface area contributed by atoms with Crippen LogP contribution in [0.1, 0.15) is 26.2 Å². The van der Waals surface area contributed by atoms with E-state index < -0.39 is 6.10 Å². The molecule has 4 heteroatoms. The molecule has 1 aliphatic heterocycles. The lowest BCUT2D eigenvalue weighted by Gasteiger charge is -2.27. The number of esters is 1. The van der Waals surface area contributed by atoms with E-state index >= 15 is 0 Å². The molecule has 0 aromatic heterocycles. The van der Waals surface area contributed by atoms with Crippen molar-refractivity contribution < 1.29 is 19.4 Å². The van der Waals surface area contributed by atoms with Gasteiger partial charge in [0, 0.05) is 6.61 Å². The van der Waals surface area contributed by atoms with Crippen molar-refractivity contribution in [2.75, 3.05) is 13.2 Å². The number of carbonyl (C=O) groups is 1. The van der Waals surface area contributed by atoms with E-state index in [9.17, 15) is 9.90 Å². The third-order valence-electron chi connectivity index (χ3n) is 2.08. The van der Waals surface area contributed by atoms with E-state index in [1.54, 1.807) is 6.92 Å². The Morgan fingerprint density at radius 2 is 2.46 bits per heavy atom. The summed E-state index contributed by atoms with van der Waals surface area (Å²) in [5.41, 5.74) is 0. The maximum absolute atomic E-state index is 11.0. The van der Waals surface area contributed by atoms with E-state index in [0.29, 0.717) is 19.6 Å². The van der Waals surface area contributed by atoms with Gasteiger partial charge in [-0.3, -0.25) is 4.79 Å². The Kier molecular flexibility index (Phi) is 4.18. The summed E-state index contributed by atoms with van der Waals surface area (Å²) in [4.78, 5) is 11.0. The average molecular weight is 188 g/mol. The highest BCUT2D eigenvalue weighted by molar-refractivity contribution is 5.70. The number of hydrogen-bond donors (Lipinski definition) is 1. The monoisotopic (exact) mass is 188 g/mol. The van der Waals surface area contributed by atoms with Gasteiger partial charge in [-0.25, -0.2) is 0 Å². The van der Waals surface area contributed by atoms with Crippen LogP contribution in [0.15, 0.2) is 0 Å². The molecule has 0 bridgehead atoms. The minimum atomic E-state index is -0.516. The fraction of sp³-hybridized carbons (Fsp3) is 0.889.